The van der Waals surface area contributed by atoms with E-state index in [0.29, 0.717) is 56.8 Å². The summed E-state index contributed by atoms with van der Waals surface area (Å²) in [7, 11) is -1.76. The van der Waals surface area contributed by atoms with Gasteiger partial charge in [0.25, 0.3) is 0 Å². The summed E-state index contributed by atoms with van der Waals surface area (Å²) in [5, 5.41) is 3.06. The van der Waals surface area contributed by atoms with Crippen molar-refractivity contribution in [2.75, 3.05) is 62.9 Å². The van der Waals surface area contributed by atoms with Gasteiger partial charge >= 0.3 is 6.09 Å². The topological polar surface area (TPSA) is 78.5 Å². The van der Waals surface area contributed by atoms with E-state index in [4.69, 9.17) is 23.4 Å². The predicted octanol–water partition coefficient (Wildman–Crippen LogP) is 5.55. The Balaban J connectivity index is 1.53. The first-order chi connectivity index (χ1) is 17.2. The SMILES string of the molecule is CC(C)(C)[Si](C)(C)OCCOCCOc1ccc(N2CCOCC2)c(NC(=O)Oc2ccccc2)c1. The molecule has 198 valence electrons. The van der Waals surface area contributed by atoms with Gasteiger partial charge in [0, 0.05) is 19.2 Å². The van der Waals surface area contributed by atoms with Crippen LogP contribution >= 0.6 is 0 Å². The van der Waals surface area contributed by atoms with Crippen LogP contribution in [0.15, 0.2) is 48.5 Å². The van der Waals surface area contributed by atoms with Crippen LogP contribution in [0.25, 0.3) is 0 Å². The first kappa shape index (κ1) is 28.0. The fraction of sp³-hybridized carbons (Fsp3) is 0.519. The number of amides is 1. The van der Waals surface area contributed by atoms with Crippen molar-refractivity contribution in [1.29, 1.82) is 0 Å². The Hall–Kier alpha value is -2.59. The molecule has 0 aromatic heterocycles. The predicted molar refractivity (Wildman–Crippen MR) is 145 cm³/mol. The number of hydrogen-bond donors (Lipinski definition) is 1. The van der Waals surface area contributed by atoms with E-state index in [1.165, 1.54) is 0 Å². The van der Waals surface area contributed by atoms with E-state index in [2.05, 4.69) is 44.1 Å². The molecule has 0 aliphatic carbocycles. The van der Waals surface area contributed by atoms with Gasteiger partial charge in [0.15, 0.2) is 8.32 Å². The number of ether oxygens (including phenoxy) is 4. The quantitative estimate of drug-likeness (QED) is 0.310. The lowest BCUT2D eigenvalue weighted by molar-refractivity contribution is 0.0730. The number of carbonyl (C=O) groups is 1. The molecular weight excluding hydrogens is 476 g/mol. The Kier molecular flexibility index (Phi) is 10.2. The second kappa shape index (κ2) is 13.1. The number of para-hydroxylation sites is 1. The summed E-state index contributed by atoms with van der Waals surface area (Å²) >= 11 is 0. The molecule has 0 spiro atoms. The summed E-state index contributed by atoms with van der Waals surface area (Å²) in [6.07, 6.45) is -0.557. The number of hydrogen-bond acceptors (Lipinski definition) is 7. The average molecular weight is 517 g/mol. The molecule has 1 aliphatic rings. The van der Waals surface area contributed by atoms with Gasteiger partial charge in [-0.3, -0.25) is 5.32 Å². The minimum atomic E-state index is -1.76. The third kappa shape index (κ3) is 8.51. The number of rotatable bonds is 11. The summed E-state index contributed by atoms with van der Waals surface area (Å²) in [6, 6.07) is 14.6. The molecule has 2 aromatic rings. The lowest BCUT2D eigenvalue weighted by Gasteiger charge is -2.36. The molecule has 1 heterocycles. The number of morpholine rings is 1. The van der Waals surface area contributed by atoms with Crippen molar-refractivity contribution in [2.24, 2.45) is 0 Å². The van der Waals surface area contributed by atoms with Crippen LogP contribution in [0.1, 0.15) is 20.8 Å². The lowest BCUT2D eigenvalue weighted by Crippen LogP contribution is -2.41. The highest BCUT2D eigenvalue weighted by molar-refractivity contribution is 6.74. The molecule has 36 heavy (non-hydrogen) atoms. The van der Waals surface area contributed by atoms with Crippen LogP contribution in [0.2, 0.25) is 18.1 Å². The fourth-order valence-corrected chi connectivity index (χ4v) is 4.44. The second-order valence-corrected chi connectivity index (χ2v) is 15.0. The molecule has 1 fully saturated rings. The maximum absolute atomic E-state index is 12.6. The molecule has 1 saturated heterocycles. The van der Waals surface area contributed by atoms with Gasteiger partial charge in [-0.25, -0.2) is 4.79 Å². The zero-order valence-electron chi connectivity index (χ0n) is 22.2. The zero-order chi connectivity index (χ0) is 26.0. The van der Waals surface area contributed by atoms with Crippen LogP contribution in [0.4, 0.5) is 16.2 Å². The van der Waals surface area contributed by atoms with Crippen molar-refractivity contribution in [3.8, 4) is 11.5 Å². The molecular formula is C27H40N2O6Si. The van der Waals surface area contributed by atoms with E-state index < -0.39 is 14.4 Å². The molecule has 3 rings (SSSR count). The molecule has 1 N–H and O–H groups in total. The number of nitrogens with one attached hydrogen (secondary N) is 1. The first-order valence-electron chi connectivity index (χ1n) is 12.5. The highest BCUT2D eigenvalue weighted by Gasteiger charge is 2.36. The van der Waals surface area contributed by atoms with Crippen LogP contribution in [0, 0.1) is 0 Å². The summed E-state index contributed by atoms with van der Waals surface area (Å²) in [4.78, 5) is 14.8. The molecule has 1 amide bonds. The monoisotopic (exact) mass is 516 g/mol. The third-order valence-corrected chi connectivity index (χ3v) is 11.0. The summed E-state index contributed by atoms with van der Waals surface area (Å²) < 4.78 is 28.6. The maximum atomic E-state index is 12.6. The van der Waals surface area contributed by atoms with Gasteiger partial charge < -0.3 is 28.3 Å². The molecule has 2 aromatic carbocycles. The minimum absolute atomic E-state index is 0.183. The van der Waals surface area contributed by atoms with E-state index in [1.54, 1.807) is 12.1 Å². The number of carbonyl (C=O) groups excluding carboxylic acids is 1. The van der Waals surface area contributed by atoms with Gasteiger partial charge in [-0.1, -0.05) is 39.0 Å². The first-order valence-corrected chi connectivity index (χ1v) is 15.4. The summed E-state index contributed by atoms with van der Waals surface area (Å²) in [6.45, 7) is 15.9. The van der Waals surface area contributed by atoms with Crippen molar-refractivity contribution in [1.82, 2.24) is 0 Å². The largest absolute Gasteiger partial charge is 0.491 e. The van der Waals surface area contributed by atoms with Gasteiger partial charge in [-0.15, -0.1) is 0 Å². The van der Waals surface area contributed by atoms with Gasteiger partial charge in [0.1, 0.15) is 18.1 Å². The highest BCUT2D eigenvalue weighted by Crippen LogP contribution is 2.36. The van der Waals surface area contributed by atoms with Crippen LogP contribution in [-0.2, 0) is 13.9 Å². The van der Waals surface area contributed by atoms with E-state index in [-0.39, 0.29) is 5.04 Å². The Bertz CT molecular complexity index is 958. The van der Waals surface area contributed by atoms with E-state index in [1.807, 2.05) is 36.4 Å². The standard InChI is InChI=1S/C27H40N2O6Si/c1-27(2,3)36(4,5)34-20-18-32-17-19-33-23-11-12-25(29-13-15-31-16-14-29)24(21-23)28-26(30)35-22-9-7-6-8-10-22/h6-12,21H,13-20H2,1-5H3,(H,28,30). The number of anilines is 2. The Morgan fingerprint density at radius 2 is 1.67 bits per heavy atom. The summed E-state index contributed by atoms with van der Waals surface area (Å²) in [5.41, 5.74) is 1.52. The molecule has 0 atom stereocenters. The van der Waals surface area contributed by atoms with Crippen molar-refractivity contribution >= 4 is 25.8 Å². The van der Waals surface area contributed by atoms with Crippen molar-refractivity contribution in [3.63, 3.8) is 0 Å². The van der Waals surface area contributed by atoms with Crippen LogP contribution in [-0.4, -0.2) is 67.1 Å². The molecule has 8 nitrogen and oxygen atoms in total. The van der Waals surface area contributed by atoms with E-state index in [9.17, 15) is 4.79 Å². The van der Waals surface area contributed by atoms with Gasteiger partial charge in [-0.05, 0) is 42.4 Å². The second-order valence-electron chi connectivity index (χ2n) is 10.2. The molecule has 0 radical (unpaired) electrons. The van der Waals surface area contributed by atoms with Crippen LogP contribution < -0.4 is 19.7 Å². The van der Waals surface area contributed by atoms with Crippen molar-refractivity contribution in [2.45, 2.75) is 38.9 Å². The number of benzene rings is 2. The van der Waals surface area contributed by atoms with E-state index >= 15 is 0 Å². The van der Waals surface area contributed by atoms with E-state index in [0.717, 1.165) is 18.8 Å². The van der Waals surface area contributed by atoms with Gasteiger partial charge in [0.05, 0.1) is 44.4 Å². The smallest absolute Gasteiger partial charge is 0.417 e. The van der Waals surface area contributed by atoms with Crippen molar-refractivity contribution in [3.05, 3.63) is 48.5 Å². The number of nitrogens with zero attached hydrogens (tertiary/aromatic N) is 1. The Labute approximate surface area is 216 Å². The van der Waals surface area contributed by atoms with Gasteiger partial charge in [-0.2, -0.15) is 0 Å². The normalized spacial score (nSPS) is 14.4. The third-order valence-electron chi connectivity index (χ3n) is 6.50. The Morgan fingerprint density at radius 3 is 2.36 bits per heavy atom. The molecule has 0 bridgehead atoms. The minimum Gasteiger partial charge on any atom is -0.491 e. The molecule has 1 aliphatic heterocycles. The average Bonchev–Trinajstić information content (AvgIpc) is 2.84. The maximum Gasteiger partial charge on any atom is 0.417 e. The highest BCUT2D eigenvalue weighted by atomic mass is 28.4. The van der Waals surface area contributed by atoms with Crippen LogP contribution in [0.3, 0.4) is 0 Å². The van der Waals surface area contributed by atoms with Gasteiger partial charge in [0.2, 0.25) is 0 Å². The molecule has 0 saturated carbocycles. The van der Waals surface area contributed by atoms with Crippen molar-refractivity contribution < 1.29 is 28.2 Å². The molecule has 0 unspecified atom stereocenters. The Morgan fingerprint density at radius 1 is 0.972 bits per heavy atom. The lowest BCUT2D eigenvalue weighted by atomic mass is 10.2. The molecule has 9 heteroatoms. The zero-order valence-corrected chi connectivity index (χ0v) is 23.2. The van der Waals surface area contributed by atoms with Crippen LogP contribution in [0.5, 0.6) is 11.5 Å². The summed E-state index contributed by atoms with van der Waals surface area (Å²) in [5.74, 6) is 1.12. The fourth-order valence-electron chi connectivity index (χ4n) is 3.41.